The quantitative estimate of drug-likeness (QED) is 0.513. The van der Waals surface area contributed by atoms with Crippen LogP contribution in [0, 0.1) is 10.1 Å². The molecule has 2 aromatic rings. The van der Waals surface area contributed by atoms with E-state index in [2.05, 4.69) is 15.8 Å². The van der Waals surface area contributed by atoms with E-state index in [0.717, 1.165) is 0 Å². The second-order valence-corrected chi connectivity index (χ2v) is 4.62. The number of carbonyl (C=O) groups is 1. The first-order chi connectivity index (χ1) is 10.5. The first-order valence-corrected chi connectivity index (χ1v) is 6.52. The van der Waals surface area contributed by atoms with Gasteiger partial charge in [-0.25, -0.2) is 10.2 Å². The van der Waals surface area contributed by atoms with Crippen LogP contribution in [0.25, 0.3) is 0 Å². The van der Waals surface area contributed by atoms with Gasteiger partial charge in [0.05, 0.1) is 11.1 Å². The Morgan fingerprint density at radius 3 is 2.59 bits per heavy atom. The number of hydrogen-bond acceptors (Lipinski definition) is 4. The molecule has 0 saturated carbocycles. The van der Waals surface area contributed by atoms with Crippen molar-refractivity contribution in [1.82, 2.24) is 5.43 Å². The fraction of sp³-hybridized carbons (Fsp3) is 0. The van der Waals surface area contributed by atoms with Gasteiger partial charge in [-0.1, -0.05) is 17.7 Å². The lowest BCUT2D eigenvalue weighted by atomic mass is 10.2. The largest absolute Gasteiger partial charge is 0.339 e. The monoisotopic (exact) mass is 318 g/mol. The Morgan fingerprint density at radius 1 is 1.23 bits per heavy atom. The molecule has 0 aliphatic rings. The highest BCUT2D eigenvalue weighted by atomic mass is 35.5. The van der Waals surface area contributed by atoms with Crippen molar-refractivity contribution in [3.63, 3.8) is 0 Å². The zero-order valence-electron chi connectivity index (χ0n) is 11.2. The number of anilines is 1. The average molecular weight is 319 g/mol. The molecule has 0 fully saturated rings. The molecule has 0 heterocycles. The van der Waals surface area contributed by atoms with Crippen LogP contribution in [0.1, 0.15) is 5.56 Å². The van der Waals surface area contributed by atoms with Gasteiger partial charge in [0.15, 0.2) is 0 Å². The van der Waals surface area contributed by atoms with Gasteiger partial charge >= 0.3 is 6.03 Å². The Kier molecular flexibility index (Phi) is 5.05. The summed E-state index contributed by atoms with van der Waals surface area (Å²) in [5.41, 5.74) is 3.43. The van der Waals surface area contributed by atoms with E-state index < -0.39 is 11.0 Å². The van der Waals surface area contributed by atoms with Gasteiger partial charge in [-0.3, -0.25) is 10.1 Å². The number of hydrazone groups is 1. The number of benzene rings is 2. The number of urea groups is 1. The van der Waals surface area contributed by atoms with Crippen molar-refractivity contribution in [1.29, 1.82) is 0 Å². The van der Waals surface area contributed by atoms with Crippen molar-refractivity contribution in [3.8, 4) is 0 Å². The lowest BCUT2D eigenvalue weighted by Crippen LogP contribution is -2.24. The average Bonchev–Trinajstić information content (AvgIpc) is 2.47. The van der Waals surface area contributed by atoms with Crippen molar-refractivity contribution in [2.45, 2.75) is 0 Å². The number of carbonyl (C=O) groups excluding carboxylic acids is 1. The minimum absolute atomic E-state index is 0.0104. The Bertz CT molecular complexity index is 716. The zero-order chi connectivity index (χ0) is 15.9. The van der Waals surface area contributed by atoms with Gasteiger partial charge in [0.1, 0.15) is 0 Å². The summed E-state index contributed by atoms with van der Waals surface area (Å²) >= 11 is 5.80. The number of nitro benzene ring substituents is 1. The molecule has 7 nitrogen and oxygen atoms in total. The minimum atomic E-state index is -0.527. The molecule has 0 spiro atoms. The molecule has 2 aromatic carbocycles. The molecule has 0 saturated heterocycles. The normalized spacial score (nSPS) is 10.4. The van der Waals surface area contributed by atoms with Crippen LogP contribution in [0.3, 0.4) is 0 Å². The first kappa shape index (κ1) is 15.5. The van der Waals surface area contributed by atoms with E-state index in [9.17, 15) is 14.9 Å². The highest BCUT2D eigenvalue weighted by molar-refractivity contribution is 6.30. The predicted molar refractivity (Wildman–Crippen MR) is 84.3 cm³/mol. The SMILES string of the molecule is O=C(NN=Cc1ccc([N+](=O)[O-])cc1)Nc1cccc(Cl)c1. The van der Waals surface area contributed by atoms with Gasteiger partial charge < -0.3 is 5.32 Å². The lowest BCUT2D eigenvalue weighted by molar-refractivity contribution is -0.384. The molecular weight excluding hydrogens is 308 g/mol. The Morgan fingerprint density at radius 2 is 1.95 bits per heavy atom. The molecule has 0 bridgehead atoms. The van der Waals surface area contributed by atoms with E-state index >= 15 is 0 Å². The van der Waals surface area contributed by atoms with E-state index in [-0.39, 0.29) is 5.69 Å². The van der Waals surface area contributed by atoms with Crippen molar-refractivity contribution in [3.05, 3.63) is 69.2 Å². The Balaban J connectivity index is 1.89. The summed E-state index contributed by atoms with van der Waals surface area (Å²) in [6, 6.07) is 11.9. The summed E-state index contributed by atoms with van der Waals surface area (Å²) in [6.45, 7) is 0. The highest BCUT2D eigenvalue weighted by Crippen LogP contribution is 2.14. The molecule has 2 rings (SSSR count). The van der Waals surface area contributed by atoms with E-state index in [0.29, 0.717) is 16.3 Å². The van der Waals surface area contributed by atoms with Crippen LogP contribution in [0.2, 0.25) is 5.02 Å². The summed E-state index contributed by atoms with van der Waals surface area (Å²) in [5, 5.41) is 17.3. The van der Waals surface area contributed by atoms with E-state index in [1.165, 1.54) is 30.5 Å². The minimum Gasteiger partial charge on any atom is -0.306 e. The van der Waals surface area contributed by atoms with Gasteiger partial charge in [-0.05, 0) is 35.9 Å². The van der Waals surface area contributed by atoms with Gasteiger partial charge in [0, 0.05) is 22.8 Å². The molecule has 8 heteroatoms. The number of amides is 2. The van der Waals surface area contributed by atoms with Gasteiger partial charge in [-0.2, -0.15) is 5.10 Å². The standard InChI is InChI=1S/C14H11ClN4O3/c15-11-2-1-3-12(8-11)17-14(20)18-16-9-10-4-6-13(7-5-10)19(21)22/h1-9H,(H2,17,18,20). The molecule has 0 aliphatic heterocycles. The molecule has 0 aliphatic carbocycles. The maximum Gasteiger partial charge on any atom is 0.339 e. The van der Waals surface area contributed by atoms with Crippen LogP contribution in [0.15, 0.2) is 53.6 Å². The van der Waals surface area contributed by atoms with Crippen molar-refractivity contribution < 1.29 is 9.72 Å². The highest BCUT2D eigenvalue weighted by Gasteiger charge is 2.03. The van der Waals surface area contributed by atoms with Crippen LogP contribution >= 0.6 is 11.6 Å². The fourth-order valence-corrected chi connectivity index (χ4v) is 1.76. The summed E-state index contributed by atoms with van der Waals surface area (Å²) in [4.78, 5) is 21.6. The number of nitrogens with one attached hydrogen (secondary N) is 2. The summed E-state index contributed by atoms with van der Waals surface area (Å²) in [6.07, 6.45) is 1.38. The maximum atomic E-state index is 11.6. The molecule has 0 radical (unpaired) electrons. The second-order valence-electron chi connectivity index (χ2n) is 4.18. The summed E-state index contributed by atoms with van der Waals surface area (Å²) in [7, 11) is 0. The molecule has 0 aromatic heterocycles. The first-order valence-electron chi connectivity index (χ1n) is 6.15. The van der Waals surface area contributed by atoms with Crippen LogP contribution < -0.4 is 10.7 Å². The molecule has 0 unspecified atom stereocenters. The van der Waals surface area contributed by atoms with E-state index in [1.54, 1.807) is 24.3 Å². The van der Waals surface area contributed by atoms with Crippen molar-refractivity contribution in [2.24, 2.45) is 5.10 Å². The number of non-ortho nitro benzene ring substituents is 1. The fourth-order valence-electron chi connectivity index (χ4n) is 1.57. The maximum absolute atomic E-state index is 11.6. The number of nitro groups is 1. The molecule has 0 atom stereocenters. The third-order valence-corrected chi connectivity index (χ3v) is 2.80. The molecule has 2 amide bonds. The second kappa shape index (κ2) is 7.19. The molecule has 2 N–H and O–H groups in total. The lowest BCUT2D eigenvalue weighted by Gasteiger charge is -2.04. The van der Waals surface area contributed by atoms with E-state index in [1.807, 2.05) is 0 Å². The number of halogens is 1. The van der Waals surface area contributed by atoms with E-state index in [4.69, 9.17) is 11.6 Å². The van der Waals surface area contributed by atoms with Gasteiger partial charge in [0.25, 0.3) is 5.69 Å². The summed E-state index contributed by atoms with van der Waals surface area (Å²) < 4.78 is 0. The number of rotatable bonds is 4. The van der Waals surface area contributed by atoms with Crippen molar-refractivity contribution in [2.75, 3.05) is 5.32 Å². The van der Waals surface area contributed by atoms with Crippen LogP contribution in [0.5, 0.6) is 0 Å². The summed E-state index contributed by atoms with van der Waals surface area (Å²) in [5.74, 6) is 0. The van der Waals surface area contributed by atoms with Crippen LogP contribution in [-0.4, -0.2) is 17.2 Å². The van der Waals surface area contributed by atoms with Gasteiger partial charge in [0.2, 0.25) is 0 Å². The molecule has 22 heavy (non-hydrogen) atoms. The Hall–Kier alpha value is -2.93. The van der Waals surface area contributed by atoms with Crippen LogP contribution in [-0.2, 0) is 0 Å². The zero-order valence-corrected chi connectivity index (χ0v) is 11.9. The van der Waals surface area contributed by atoms with Crippen LogP contribution in [0.4, 0.5) is 16.2 Å². The third-order valence-electron chi connectivity index (χ3n) is 2.57. The predicted octanol–water partition coefficient (Wildman–Crippen LogP) is 3.40. The smallest absolute Gasteiger partial charge is 0.306 e. The van der Waals surface area contributed by atoms with Crippen molar-refractivity contribution >= 4 is 35.2 Å². The number of hydrogen-bond donors (Lipinski definition) is 2. The Labute approximate surface area is 130 Å². The molecular formula is C14H11ClN4O3. The topological polar surface area (TPSA) is 96.6 Å². The third kappa shape index (κ3) is 4.57. The number of nitrogens with zero attached hydrogens (tertiary/aromatic N) is 2. The molecule has 112 valence electrons. The van der Waals surface area contributed by atoms with Gasteiger partial charge in [-0.15, -0.1) is 0 Å².